The number of rotatable bonds is 3. The molecule has 2 aromatic rings. The maximum atomic E-state index is 13.7. The van der Waals surface area contributed by atoms with Crippen LogP contribution in [-0.4, -0.2) is 29.2 Å². The van der Waals surface area contributed by atoms with Crippen molar-refractivity contribution in [3.8, 4) is 17.2 Å². The molecule has 0 fully saturated rings. The fourth-order valence-corrected chi connectivity index (χ4v) is 2.40. The first-order valence-electron chi connectivity index (χ1n) is 6.02. The normalized spacial score (nSPS) is 11.4. The molecule has 0 bridgehead atoms. The predicted molar refractivity (Wildman–Crippen MR) is 70.8 cm³/mol. The van der Waals surface area contributed by atoms with Crippen LogP contribution in [0.4, 0.5) is 17.6 Å². The topological polar surface area (TPSA) is 121 Å². The van der Waals surface area contributed by atoms with E-state index in [-0.39, 0.29) is 0 Å². The Kier molecular flexibility index (Phi) is 4.59. The quantitative estimate of drug-likeness (QED) is 0.244. The molecule has 0 aliphatic carbocycles. The third-order valence-corrected chi connectivity index (χ3v) is 3.65. The Hall–Kier alpha value is -2.86. The molecule has 12 heteroatoms. The molecule has 0 amide bonds. The van der Waals surface area contributed by atoms with Crippen LogP contribution in [0, 0.1) is 23.3 Å². The van der Waals surface area contributed by atoms with Crippen LogP contribution >= 0.6 is 0 Å². The molecule has 25 heavy (non-hydrogen) atoms. The average Bonchev–Trinajstić information content (AvgIpc) is 2.47. The van der Waals surface area contributed by atoms with Crippen molar-refractivity contribution in [3.05, 3.63) is 47.0 Å². The number of hydrogen-bond donors (Lipinski definition) is 3. The first-order chi connectivity index (χ1) is 11.4. The molecular weight excluding hydrogens is 376 g/mol. The highest BCUT2D eigenvalue weighted by molar-refractivity contribution is 7.85. The van der Waals surface area contributed by atoms with E-state index in [1.54, 1.807) is 0 Å². The Morgan fingerprint density at radius 2 is 1.32 bits per heavy atom. The van der Waals surface area contributed by atoms with Gasteiger partial charge >= 0.3 is 16.1 Å². The van der Waals surface area contributed by atoms with Crippen LogP contribution < -0.4 is 4.74 Å². The summed E-state index contributed by atoms with van der Waals surface area (Å²) in [5, 5.41) is 18.4. The molecule has 0 saturated carbocycles. The molecule has 0 saturated heterocycles. The van der Waals surface area contributed by atoms with Gasteiger partial charge in [-0.25, -0.2) is 13.6 Å². The lowest BCUT2D eigenvalue weighted by Crippen LogP contribution is -2.15. The molecule has 0 heterocycles. The number of carbonyl (C=O) groups is 1. The van der Waals surface area contributed by atoms with Crippen molar-refractivity contribution in [3.63, 3.8) is 0 Å². The minimum atomic E-state index is -5.65. The van der Waals surface area contributed by atoms with E-state index in [1.807, 2.05) is 0 Å². The first-order valence-corrected chi connectivity index (χ1v) is 7.46. The summed E-state index contributed by atoms with van der Waals surface area (Å²) in [6.07, 6.45) is 0. The Morgan fingerprint density at radius 1 is 0.880 bits per heavy atom. The lowest BCUT2D eigenvalue weighted by atomic mass is 10.2. The molecule has 0 spiro atoms. The van der Waals surface area contributed by atoms with Gasteiger partial charge in [0.25, 0.3) is 0 Å². The van der Waals surface area contributed by atoms with Crippen LogP contribution in [-0.2, 0) is 10.1 Å². The van der Waals surface area contributed by atoms with E-state index in [0.29, 0.717) is 12.1 Å². The van der Waals surface area contributed by atoms with Gasteiger partial charge in [-0.1, -0.05) is 0 Å². The summed E-state index contributed by atoms with van der Waals surface area (Å²) in [7, 11) is -5.65. The van der Waals surface area contributed by atoms with Gasteiger partial charge in [0.2, 0.25) is 17.4 Å². The highest BCUT2D eigenvalue weighted by atomic mass is 32.2. The third kappa shape index (κ3) is 3.49. The Balaban J connectivity index is 2.56. The molecule has 0 atom stereocenters. The molecule has 0 aliphatic rings. The number of halogens is 4. The second-order valence-electron chi connectivity index (χ2n) is 4.52. The number of carbonyl (C=O) groups excluding carboxylic acids is 1. The molecule has 3 N–H and O–H groups in total. The number of ether oxygens (including phenoxy) is 1. The Bertz CT molecular complexity index is 939. The summed E-state index contributed by atoms with van der Waals surface area (Å²) in [6.45, 7) is 0. The van der Waals surface area contributed by atoms with Gasteiger partial charge in [-0.2, -0.15) is 17.2 Å². The van der Waals surface area contributed by atoms with E-state index in [9.17, 15) is 41.0 Å². The van der Waals surface area contributed by atoms with Crippen molar-refractivity contribution in [2.45, 2.75) is 4.90 Å². The number of esters is 1. The van der Waals surface area contributed by atoms with Crippen molar-refractivity contribution in [1.82, 2.24) is 0 Å². The van der Waals surface area contributed by atoms with Crippen LogP contribution in [0.1, 0.15) is 10.4 Å². The fraction of sp³-hybridized carbons (Fsp3) is 0. The molecule has 2 rings (SSSR count). The summed E-state index contributed by atoms with van der Waals surface area (Å²) in [5.74, 6) is -14.6. The lowest BCUT2D eigenvalue weighted by molar-refractivity contribution is 0.0715. The van der Waals surface area contributed by atoms with E-state index in [0.717, 1.165) is 6.07 Å². The maximum Gasteiger partial charge on any atom is 0.344 e. The molecule has 0 aromatic heterocycles. The van der Waals surface area contributed by atoms with Crippen molar-refractivity contribution in [2.75, 3.05) is 0 Å². The van der Waals surface area contributed by atoms with Gasteiger partial charge in [0.1, 0.15) is 11.5 Å². The van der Waals surface area contributed by atoms with E-state index in [1.165, 1.54) is 0 Å². The van der Waals surface area contributed by atoms with Crippen LogP contribution in [0.3, 0.4) is 0 Å². The molecule has 7 nitrogen and oxygen atoms in total. The van der Waals surface area contributed by atoms with Gasteiger partial charge in [-0.15, -0.1) is 0 Å². The molecular formula is C13H6F4O7S. The van der Waals surface area contributed by atoms with Gasteiger partial charge < -0.3 is 14.9 Å². The zero-order valence-corrected chi connectivity index (χ0v) is 12.4. The van der Waals surface area contributed by atoms with E-state index >= 15 is 0 Å². The average molecular weight is 382 g/mol. The van der Waals surface area contributed by atoms with E-state index in [2.05, 4.69) is 4.74 Å². The Labute approximate surface area is 136 Å². The number of phenolic OH excluding ortho intramolecular Hbond substituents is 2. The van der Waals surface area contributed by atoms with Crippen LogP contribution in [0.5, 0.6) is 17.2 Å². The number of benzene rings is 2. The van der Waals surface area contributed by atoms with Crippen molar-refractivity contribution < 1.29 is 50.3 Å². The standard InChI is InChI=1S/C13H6F4O7S/c14-7-9(16)12(25(21,22)23)10(17)8(15)11(7)24-13(20)4-1-5(18)3-6(19)2-4/h1-3,18-19H,(H,21,22,23). The predicted octanol–water partition coefficient (Wildman–Crippen LogP) is 2.12. The molecule has 134 valence electrons. The summed E-state index contributed by atoms with van der Waals surface area (Å²) in [4.78, 5) is 9.44. The molecule has 0 unspecified atom stereocenters. The SMILES string of the molecule is O=C(Oc1c(F)c(F)c(S(=O)(=O)O)c(F)c1F)c1cc(O)cc(O)c1. The summed E-state index contributed by atoms with van der Waals surface area (Å²) >= 11 is 0. The van der Waals surface area contributed by atoms with Crippen molar-refractivity contribution in [1.29, 1.82) is 0 Å². The van der Waals surface area contributed by atoms with Crippen molar-refractivity contribution >= 4 is 16.1 Å². The summed E-state index contributed by atoms with van der Waals surface area (Å²) in [5.41, 5.74) is -0.643. The number of aromatic hydroxyl groups is 2. The molecule has 2 aromatic carbocycles. The van der Waals surface area contributed by atoms with Gasteiger partial charge in [0, 0.05) is 6.07 Å². The lowest BCUT2D eigenvalue weighted by Gasteiger charge is -2.11. The zero-order chi connectivity index (χ0) is 19.1. The largest absolute Gasteiger partial charge is 0.508 e. The smallest absolute Gasteiger partial charge is 0.344 e. The Morgan fingerprint density at radius 3 is 1.72 bits per heavy atom. The summed E-state index contributed by atoms with van der Waals surface area (Å²) < 4.78 is 89.0. The minimum Gasteiger partial charge on any atom is -0.508 e. The molecule has 0 aliphatic heterocycles. The highest BCUT2D eigenvalue weighted by Crippen LogP contribution is 2.33. The van der Waals surface area contributed by atoms with Crippen LogP contribution in [0.25, 0.3) is 0 Å². The monoisotopic (exact) mass is 382 g/mol. The van der Waals surface area contributed by atoms with Crippen LogP contribution in [0.15, 0.2) is 23.1 Å². The second-order valence-corrected chi connectivity index (χ2v) is 5.88. The maximum absolute atomic E-state index is 13.7. The van der Waals surface area contributed by atoms with E-state index < -0.39 is 67.1 Å². The van der Waals surface area contributed by atoms with Crippen molar-refractivity contribution in [2.24, 2.45) is 0 Å². The first kappa shape index (κ1) is 18.5. The van der Waals surface area contributed by atoms with Gasteiger partial charge in [-0.3, -0.25) is 4.55 Å². The second kappa shape index (κ2) is 6.22. The van der Waals surface area contributed by atoms with Gasteiger partial charge in [0.05, 0.1) is 5.56 Å². The van der Waals surface area contributed by atoms with Gasteiger partial charge in [0.15, 0.2) is 16.5 Å². The number of hydrogen-bond acceptors (Lipinski definition) is 6. The minimum absolute atomic E-state index is 0.632. The van der Waals surface area contributed by atoms with Gasteiger partial charge in [-0.05, 0) is 12.1 Å². The number of phenols is 2. The van der Waals surface area contributed by atoms with Crippen LogP contribution in [0.2, 0.25) is 0 Å². The zero-order valence-electron chi connectivity index (χ0n) is 11.6. The van der Waals surface area contributed by atoms with E-state index in [4.69, 9.17) is 4.55 Å². The highest BCUT2D eigenvalue weighted by Gasteiger charge is 2.34. The third-order valence-electron chi connectivity index (χ3n) is 2.77. The fourth-order valence-electron chi connectivity index (χ4n) is 1.77. The molecule has 0 radical (unpaired) electrons. The summed E-state index contributed by atoms with van der Waals surface area (Å²) in [6, 6.07) is 2.21.